The second-order valence-corrected chi connectivity index (χ2v) is 7.99. The highest BCUT2D eigenvalue weighted by atomic mass is 19.2. The normalized spacial score (nSPS) is 13.1. The third-order valence-corrected chi connectivity index (χ3v) is 5.69. The van der Waals surface area contributed by atoms with E-state index in [0.29, 0.717) is 26.1 Å². The lowest BCUT2D eigenvalue weighted by atomic mass is 9.87. The van der Waals surface area contributed by atoms with Crippen LogP contribution in [-0.2, 0) is 15.9 Å². The van der Waals surface area contributed by atoms with Crippen LogP contribution in [0.25, 0.3) is 0 Å². The van der Waals surface area contributed by atoms with Crippen LogP contribution in [-0.4, -0.2) is 19.0 Å². The van der Waals surface area contributed by atoms with Gasteiger partial charge in [0.1, 0.15) is 0 Å². The van der Waals surface area contributed by atoms with Gasteiger partial charge in [-0.3, -0.25) is 0 Å². The molecule has 0 N–H and O–H groups in total. The van der Waals surface area contributed by atoms with Gasteiger partial charge in [0.05, 0.1) is 0 Å². The van der Waals surface area contributed by atoms with Gasteiger partial charge in [-0.15, -0.1) is 0 Å². The van der Waals surface area contributed by atoms with E-state index in [4.69, 9.17) is 9.47 Å². The summed E-state index contributed by atoms with van der Waals surface area (Å²) >= 11 is 0. The Morgan fingerprint density at radius 3 is 1.93 bits per heavy atom. The molecule has 0 saturated carbocycles. The molecule has 0 saturated heterocycles. The summed E-state index contributed by atoms with van der Waals surface area (Å²) in [6.45, 7) is 8.96. The maximum atomic E-state index is 14.0. The Morgan fingerprint density at radius 1 is 0.767 bits per heavy atom. The molecule has 1 aromatic rings. The monoisotopic (exact) mass is 434 g/mol. The van der Waals surface area contributed by atoms with Crippen molar-refractivity contribution in [1.82, 2.24) is 0 Å². The first-order chi connectivity index (χ1) is 14.3. The average molecular weight is 435 g/mol. The highest BCUT2D eigenvalue weighted by molar-refractivity contribution is 5.21. The van der Waals surface area contributed by atoms with E-state index in [1.165, 1.54) is 25.7 Å². The zero-order chi connectivity index (χ0) is 22.6. The van der Waals surface area contributed by atoms with Gasteiger partial charge in [0, 0.05) is 19.1 Å². The van der Waals surface area contributed by atoms with Crippen LogP contribution in [0.15, 0.2) is 6.07 Å². The van der Waals surface area contributed by atoms with Crippen molar-refractivity contribution in [1.29, 1.82) is 0 Å². The quantitative estimate of drug-likeness (QED) is 0.0871. The predicted molar refractivity (Wildman–Crippen MR) is 112 cm³/mol. The van der Waals surface area contributed by atoms with Crippen molar-refractivity contribution >= 4 is 0 Å². The van der Waals surface area contributed by atoms with Crippen molar-refractivity contribution in [2.24, 2.45) is 5.92 Å². The van der Waals surface area contributed by atoms with Gasteiger partial charge >= 0.3 is 0 Å². The van der Waals surface area contributed by atoms with Crippen molar-refractivity contribution in [2.75, 3.05) is 13.2 Å². The molecule has 30 heavy (non-hydrogen) atoms. The molecule has 1 unspecified atom stereocenters. The van der Waals surface area contributed by atoms with Gasteiger partial charge < -0.3 is 9.47 Å². The third-order valence-electron chi connectivity index (χ3n) is 5.69. The Bertz CT molecular complexity index is 616. The fourth-order valence-electron chi connectivity index (χ4n) is 4.03. The lowest BCUT2D eigenvalue weighted by molar-refractivity contribution is -0.254. The minimum atomic E-state index is -1.77. The highest BCUT2D eigenvalue weighted by Crippen LogP contribution is 2.33. The number of unbranched alkanes of at least 4 members (excludes halogenated alkanes) is 5. The summed E-state index contributed by atoms with van der Waals surface area (Å²) in [7, 11) is 0. The maximum absolute atomic E-state index is 14.0. The molecule has 1 atom stereocenters. The molecular formula is C24H38F4O2. The molecule has 0 aliphatic rings. The molecular weight excluding hydrogens is 396 g/mol. The van der Waals surface area contributed by atoms with E-state index in [-0.39, 0.29) is 17.9 Å². The summed E-state index contributed by atoms with van der Waals surface area (Å²) in [6.07, 6.45) is 9.23. The van der Waals surface area contributed by atoms with E-state index in [1.54, 1.807) is 0 Å². The van der Waals surface area contributed by atoms with Crippen LogP contribution < -0.4 is 0 Å². The molecule has 0 spiro atoms. The topological polar surface area (TPSA) is 18.5 Å². The molecule has 0 aliphatic heterocycles. The van der Waals surface area contributed by atoms with E-state index in [2.05, 4.69) is 6.92 Å². The molecule has 0 bridgehead atoms. The average Bonchev–Trinajstić information content (AvgIpc) is 2.71. The SMILES string of the molecule is CCCCCCCCC(CCCc1cc(F)c(F)c(F)c1F)C(C)(OCC)OCC. The van der Waals surface area contributed by atoms with E-state index in [0.717, 1.165) is 25.3 Å². The molecule has 0 aliphatic carbocycles. The lowest BCUT2D eigenvalue weighted by Crippen LogP contribution is -2.41. The van der Waals surface area contributed by atoms with Crippen LogP contribution in [0.3, 0.4) is 0 Å². The van der Waals surface area contributed by atoms with E-state index in [1.807, 2.05) is 20.8 Å². The van der Waals surface area contributed by atoms with Crippen molar-refractivity contribution in [2.45, 2.75) is 97.7 Å². The van der Waals surface area contributed by atoms with E-state index < -0.39 is 29.1 Å². The predicted octanol–water partition coefficient (Wildman–Crippen LogP) is 7.72. The van der Waals surface area contributed by atoms with Crippen molar-refractivity contribution in [3.05, 3.63) is 34.9 Å². The third kappa shape index (κ3) is 8.18. The van der Waals surface area contributed by atoms with Gasteiger partial charge in [0.15, 0.2) is 29.1 Å². The largest absolute Gasteiger partial charge is 0.350 e. The number of aryl methyl sites for hydroxylation is 1. The fraction of sp³-hybridized carbons (Fsp3) is 0.750. The molecule has 0 fully saturated rings. The molecule has 0 amide bonds. The number of halogens is 4. The van der Waals surface area contributed by atoms with Crippen molar-refractivity contribution < 1.29 is 27.0 Å². The Balaban J connectivity index is 2.77. The molecule has 0 heterocycles. The molecule has 174 valence electrons. The Labute approximate surface area is 179 Å². The van der Waals surface area contributed by atoms with Crippen LogP contribution in [0.5, 0.6) is 0 Å². The number of hydrogen-bond donors (Lipinski definition) is 0. The highest BCUT2D eigenvalue weighted by Gasteiger charge is 2.35. The van der Waals surface area contributed by atoms with Crippen LogP contribution >= 0.6 is 0 Å². The Hall–Kier alpha value is -1.14. The maximum Gasteiger partial charge on any atom is 0.197 e. The van der Waals surface area contributed by atoms with Gasteiger partial charge in [-0.25, -0.2) is 17.6 Å². The molecule has 2 nitrogen and oxygen atoms in total. The van der Waals surface area contributed by atoms with Gasteiger partial charge in [0.25, 0.3) is 0 Å². The van der Waals surface area contributed by atoms with Crippen LogP contribution in [0, 0.1) is 29.2 Å². The molecule has 0 radical (unpaired) electrons. The first kappa shape index (κ1) is 26.9. The van der Waals surface area contributed by atoms with E-state index >= 15 is 0 Å². The minimum absolute atomic E-state index is 0.0711. The van der Waals surface area contributed by atoms with Gasteiger partial charge in [-0.05, 0) is 58.1 Å². The van der Waals surface area contributed by atoms with Crippen molar-refractivity contribution in [3.63, 3.8) is 0 Å². The second kappa shape index (κ2) is 14.0. The number of ether oxygens (including phenoxy) is 2. The summed E-state index contributed by atoms with van der Waals surface area (Å²) in [5.74, 6) is -6.87. The zero-order valence-electron chi connectivity index (χ0n) is 19.0. The molecule has 6 heteroatoms. The van der Waals surface area contributed by atoms with E-state index in [9.17, 15) is 17.6 Å². The Kier molecular flexibility index (Phi) is 12.6. The first-order valence-electron chi connectivity index (χ1n) is 11.4. The van der Waals surface area contributed by atoms with Crippen molar-refractivity contribution in [3.8, 4) is 0 Å². The first-order valence-corrected chi connectivity index (χ1v) is 11.4. The molecule has 1 aromatic carbocycles. The molecule has 0 aromatic heterocycles. The second-order valence-electron chi connectivity index (χ2n) is 7.99. The van der Waals surface area contributed by atoms with Gasteiger partial charge in [0.2, 0.25) is 0 Å². The van der Waals surface area contributed by atoms with Crippen LogP contribution in [0.1, 0.15) is 91.0 Å². The number of benzene rings is 1. The summed E-state index contributed by atoms with van der Waals surface area (Å²) in [5, 5.41) is 0. The number of hydrogen-bond acceptors (Lipinski definition) is 2. The Morgan fingerprint density at radius 2 is 1.33 bits per heavy atom. The van der Waals surface area contributed by atoms with Gasteiger partial charge in [-0.1, -0.05) is 45.4 Å². The summed E-state index contributed by atoms with van der Waals surface area (Å²) in [6, 6.07) is 0.751. The zero-order valence-corrected chi connectivity index (χ0v) is 19.0. The van der Waals surface area contributed by atoms with Gasteiger partial charge in [-0.2, -0.15) is 0 Å². The lowest BCUT2D eigenvalue weighted by Gasteiger charge is -2.37. The smallest absolute Gasteiger partial charge is 0.197 e. The fourth-order valence-corrected chi connectivity index (χ4v) is 4.03. The standard InChI is InChI=1S/C24H38F4O2/c1-5-8-9-10-11-12-15-19(24(4,29-6-2)30-7-3)16-13-14-18-17-20(25)22(27)23(28)21(18)26/h17,19H,5-16H2,1-4H3. The van der Waals surface area contributed by atoms with Crippen LogP contribution in [0.2, 0.25) is 0 Å². The summed E-state index contributed by atoms with van der Waals surface area (Å²) in [5.41, 5.74) is -0.140. The molecule has 1 rings (SSSR count). The minimum Gasteiger partial charge on any atom is -0.350 e. The number of rotatable bonds is 16. The summed E-state index contributed by atoms with van der Waals surface area (Å²) in [4.78, 5) is 0. The van der Waals surface area contributed by atoms with Crippen LogP contribution in [0.4, 0.5) is 17.6 Å². The summed E-state index contributed by atoms with van der Waals surface area (Å²) < 4.78 is 66.0.